The third-order valence-electron chi connectivity index (χ3n) is 2.76. The van der Waals surface area contributed by atoms with E-state index in [1.807, 2.05) is 55.5 Å². The van der Waals surface area contributed by atoms with Crippen LogP contribution >= 0.6 is 11.6 Å². The molecule has 0 heterocycles. The van der Waals surface area contributed by atoms with Crippen molar-refractivity contribution >= 4 is 29.0 Å². The van der Waals surface area contributed by atoms with E-state index in [-0.39, 0.29) is 6.03 Å². The van der Waals surface area contributed by atoms with Crippen LogP contribution in [-0.4, -0.2) is 6.03 Å². The molecule has 0 radical (unpaired) electrons. The van der Waals surface area contributed by atoms with Crippen molar-refractivity contribution in [3.05, 3.63) is 59.7 Å². The third kappa shape index (κ3) is 3.73. The summed E-state index contributed by atoms with van der Waals surface area (Å²) >= 11 is 5.71. The van der Waals surface area contributed by atoms with Gasteiger partial charge in [-0.25, -0.2) is 4.79 Å². The second-order valence-corrected chi connectivity index (χ2v) is 4.49. The molecular formula is C15H15ClN2O. The van der Waals surface area contributed by atoms with E-state index in [4.69, 9.17) is 11.6 Å². The van der Waals surface area contributed by atoms with Gasteiger partial charge in [0, 0.05) is 17.3 Å². The molecule has 2 aromatic carbocycles. The second kappa shape index (κ2) is 6.25. The number of alkyl halides is 1. The zero-order valence-electron chi connectivity index (χ0n) is 10.6. The zero-order chi connectivity index (χ0) is 13.7. The van der Waals surface area contributed by atoms with Crippen LogP contribution in [0.1, 0.15) is 11.1 Å². The first kappa shape index (κ1) is 13.4. The average molecular weight is 275 g/mol. The highest BCUT2D eigenvalue weighted by Crippen LogP contribution is 2.15. The van der Waals surface area contributed by atoms with E-state index in [2.05, 4.69) is 10.6 Å². The first-order valence-electron chi connectivity index (χ1n) is 5.97. The maximum atomic E-state index is 11.8. The summed E-state index contributed by atoms with van der Waals surface area (Å²) in [5, 5.41) is 5.59. The van der Waals surface area contributed by atoms with E-state index in [1.165, 1.54) is 0 Å². The van der Waals surface area contributed by atoms with Crippen molar-refractivity contribution in [3.63, 3.8) is 0 Å². The van der Waals surface area contributed by atoms with Crippen molar-refractivity contribution in [1.29, 1.82) is 0 Å². The highest BCUT2D eigenvalue weighted by Gasteiger charge is 2.04. The maximum Gasteiger partial charge on any atom is 0.323 e. The van der Waals surface area contributed by atoms with Crippen LogP contribution in [0.3, 0.4) is 0 Å². The summed E-state index contributed by atoms with van der Waals surface area (Å²) in [5.41, 5.74) is 3.58. The van der Waals surface area contributed by atoms with Gasteiger partial charge in [-0.15, -0.1) is 11.6 Å². The van der Waals surface area contributed by atoms with Gasteiger partial charge in [0.15, 0.2) is 0 Å². The van der Waals surface area contributed by atoms with E-state index in [0.29, 0.717) is 5.88 Å². The molecule has 19 heavy (non-hydrogen) atoms. The van der Waals surface area contributed by atoms with Gasteiger partial charge in [0.25, 0.3) is 0 Å². The Kier molecular flexibility index (Phi) is 4.42. The molecule has 0 aliphatic carbocycles. The van der Waals surface area contributed by atoms with Gasteiger partial charge >= 0.3 is 6.03 Å². The summed E-state index contributed by atoms with van der Waals surface area (Å²) in [5.74, 6) is 0.468. The first-order valence-corrected chi connectivity index (χ1v) is 6.51. The van der Waals surface area contributed by atoms with Crippen LogP contribution in [0.25, 0.3) is 0 Å². The number of aryl methyl sites for hydroxylation is 1. The van der Waals surface area contributed by atoms with Gasteiger partial charge in [-0.3, -0.25) is 0 Å². The number of anilines is 2. The number of hydrogen-bond acceptors (Lipinski definition) is 1. The highest BCUT2D eigenvalue weighted by molar-refractivity contribution is 6.17. The van der Waals surface area contributed by atoms with E-state index in [1.54, 1.807) is 0 Å². The van der Waals surface area contributed by atoms with Gasteiger partial charge < -0.3 is 10.6 Å². The van der Waals surface area contributed by atoms with Crippen LogP contribution in [0.2, 0.25) is 0 Å². The Balaban J connectivity index is 1.99. The molecule has 2 amide bonds. The quantitative estimate of drug-likeness (QED) is 0.802. The molecule has 0 unspecified atom stereocenters. The summed E-state index contributed by atoms with van der Waals surface area (Å²) in [7, 11) is 0. The molecule has 3 nitrogen and oxygen atoms in total. The second-order valence-electron chi connectivity index (χ2n) is 4.22. The normalized spacial score (nSPS) is 10.0. The number of hydrogen-bond donors (Lipinski definition) is 2. The number of carbonyl (C=O) groups excluding carboxylic acids is 1. The van der Waals surface area contributed by atoms with Crippen molar-refractivity contribution in [3.8, 4) is 0 Å². The fourth-order valence-corrected chi connectivity index (χ4v) is 1.85. The number of nitrogens with one attached hydrogen (secondary N) is 2. The lowest BCUT2D eigenvalue weighted by Crippen LogP contribution is -2.19. The standard InChI is InChI=1S/C15H15ClN2O/c1-11-4-2-3-5-14(11)18-15(19)17-13-8-6-12(10-16)7-9-13/h2-9H,10H2,1H3,(H2,17,18,19). The molecule has 0 fully saturated rings. The number of carbonyl (C=O) groups is 1. The Bertz CT molecular complexity index is 567. The molecule has 4 heteroatoms. The van der Waals surface area contributed by atoms with Crippen LogP contribution in [0, 0.1) is 6.92 Å². The van der Waals surface area contributed by atoms with Crippen molar-refractivity contribution in [2.75, 3.05) is 10.6 Å². The van der Waals surface area contributed by atoms with Gasteiger partial charge in [0.2, 0.25) is 0 Å². The molecule has 2 N–H and O–H groups in total. The number of para-hydroxylation sites is 1. The molecule has 0 aromatic heterocycles. The summed E-state index contributed by atoms with van der Waals surface area (Å²) in [6, 6.07) is 14.8. The third-order valence-corrected chi connectivity index (χ3v) is 3.07. The monoisotopic (exact) mass is 274 g/mol. The van der Waals surface area contributed by atoms with Crippen LogP contribution in [0.15, 0.2) is 48.5 Å². The molecule has 0 bridgehead atoms. The lowest BCUT2D eigenvalue weighted by atomic mass is 10.2. The summed E-state index contributed by atoms with van der Waals surface area (Å²) in [6.45, 7) is 1.95. The number of amides is 2. The van der Waals surface area contributed by atoms with Crippen LogP contribution < -0.4 is 10.6 Å². The van der Waals surface area contributed by atoms with Crippen LogP contribution in [0.5, 0.6) is 0 Å². The SMILES string of the molecule is Cc1ccccc1NC(=O)Nc1ccc(CCl)cc1. The number of halogens is 1. The zero-order valence-corrected chi connectivity index (χ0v) is 11.4. The van der Waals surface area contributed by atoms with Crippen molar-refractivity contribution < 1.29 is 4.79 Å². The Hall–Kier alpha value is -2.00. The van der Waals surface area contributed by atoms with E-state index >= 15 is 0 Å². The van der Waals surface area contributed by atoms with Gasteiger partial charge in [-0.2, -0.15) is 0 Å². The first-order chi connectivity index (χ1) is 9.19. The minimum Gasteiger partial charge on any atom is -0.308 e. The van der Waals surface area contributed by atoms with Crippen molar-refractivity contribution in [2.45, 2.75) is 12.8 Å². The Labute approximate surface area is 117 Å². The maximum absolute atomic E-state index is 11.8. The molecule has 0 atom stereocenters. The highest BCUT2D eigenvalue weighted by atomic mass is 35.5. The average Bonchev–Trinajstić information content (AvgIpc) is 2.42. The Morgan fingerprint density at radius 2 is 1.74 bits per heavy atom. The molecule has 0 spiro atoms. The lowest BCUT2D eigenvalue weighted by molar-refractivity contribution is 0.262. The largest absolute Gasteiger partial charge is 0.323 e. The van der Waals surface area contributed by atoms with E-state index in [0.717, 1.165) is 22.5 Å². The lowest BCUT2D eigenvalue weighted by Gasteiger charge is -2.09. The van der Waals surface area contributed by atoms with E-state index in [9.17, 15) is 4.79 Å². The molecule has 98 valence electrons. The number of benzene rings is 2. The summed E-state index contributed by atoms with van der Waals surface area (Å²) in [6.07, 6.45) is 0. The Morgan fingerprint density at radius 1 is 1.05 bits per heavy atom. The number of rotatable bonds is 3. The van der Waals surface area contributed by atoms with Gasteiger partial charge in [-0.05, 0) is 36.2 Å². The van der Waals surface area contributed by atoms with E-state index < -0.39 is 0 Å². The van der Waals surface area contributed by atoms with Gasteiger partial charge in [0.05, 0.1) is 0 Å². The molecule has 0 aliphatic heterocycles. The molecule has 2 aromatic rings. The molecule has 0 saturated carbocycles. The van der Waals surface area contributed by atoms with Crippen molar-refractivity contribution in [2.24, 2.45) is 0 Å². The van der Waals surface area contributed by atoms with Crippen LogP contribution in [-0.2, 0) is 5.88 Å². The molecule has 0 saturated heterocycles. The van der Waals surface area contributed by atoms with Crippen molar-refractivity contribution in [1.82, 2.24) is 0 Å². The molecule has 2 rings (SSSR count). The number of urea groups is 1. The molecule has 0 aliphatic rings. The smallest absolute Gasteiger partial charge is 0.308 e. The minimum atomic E-state index is -0.257. The minimum absolute atomic E-state index is 0.257. The van der Waals surface area contributed by atoms with Gasteiger partial charge in [-0.1, -0.05) is 30.3 Å². The summed E-state index contributed by atoms with van der Waals surface area (Å²) in [4.78, 5) is 11.8. The van der Waals surface area contributed by atoms with Gasteiger partial charge in [0.1, 0.15) is 0 Å². The molecular weight excluding hydrogens is 260 g/mol. The fourth-order valence-electron chi connectivity index (χ4n) is 1.67. The predicted molar refractivity (Wildman–Crippen MR) is 79.8 cm³/mol. The topological polar surface area (TPSA) is 41.1 Å². The predicted octanol–water partition coefficient (Wildman–Crippen LogP) is 4.38. The Morgan fingerprint density at radius 3 is 2.37 bits per heavy atom. The summed E-state index contributed by atoms with van der Waals surface area (Å²) < 4.78 is 0. The fraction of sp³-hybridized carbons (Fsp3) is 0.133. The van der Waals surface area contributed by atoms with Crippen LogP contribution in [0.4, 0.5) is 16.2 Å².